The minimum absolute atomic E-state index is 0.232. The predicted molar refractivity (Wildman–Crippen MR) is 155 cm³/mol. The molecule has 12 heteroatoms. The lowest BCUT2D eigenvalue weighted by atomic mass is 10.2. The highest BCUT2D eigenvalue weighted by atomic mass is 32.1. The van der Waals surface area contributed by atoms with Gasteiger partial charge in [-0.05, 0) is 31.0 Å². The van der Waals surface area contributed by atoms with E-state index in [-0.39, 0.29) is 17.3 Å². The van der Waals surface area contributed by atoms with E-state index in [2.05, 4.69) is 25.5 Å². The Morgan fingerprint density at radius 2 is 2.00 bits per heavy atom. The molecule has 2 N–H and O–H groups in total. The average molecular weight is 564 g/mol. The molecule has 1 aliphatic carbocycles. The summed E-state index contributed by atoms with van der Waals surface area (Å²) in [7, 11) is 1.71. The number of rotatable bonds is 9. The Bertz CT molecular complexity index is 1550. The standard InChI is InChI=1S/C28H33N7O4S/c1-33-25-23(7-4-8-24(25)39-16-15-38-19-5-2-3-6-19)35(28(33)37)27-32-21(18-40-27)26(36)31-20-17-30-10-9-22(20)34-13-11-29-12-14-34/h4,7-10,17-19,29H,2-3,5-6,11-16H2,1H3,(H,31,36). The summed E-state index contributed by atoms with van der Waals surface area (Å²) in [6.07, 6.45) is 8.37. The van der Waals surface area contributed by atoms with E-state index in [0.717, 1.165) is 44.7 Å². The quantitative estimate of drug-likeness (QED) is 0.299. The number of thiazole rings is 1. The van der Waals surface area contributed by atoms with Crippen molar-refractivity contribution in [1.29, 1.82) is 0 Å². The predicted octanol–water partition coefficient (Wildman–Crippen LogP) is 3.18. The highest BCUT2D eigenvalue weighted by Gasteiger charge is 2.22. The molecule has 6 rings (SSSR count). The number of hydrogen-bond donors (Lipinski definition) is 2. The van der Waals surface area contributed by atoms with Gasteiger partial charge in [0.2, 0.25) is 0 Å². The van der Waals surface area contributed by atoms with Crippen LogP contribution in [0.25, 0.3) is 16.2 Å². The van der Waals surface area contributed by atoms with Gasteiger partial charge >= 0.3 is 5.69 Å². The molecule has 4 heterocycles. The number of anilines is 2. The van der Waals surface area contributed by atoms with Crippen LogP contribution < -0.4 is 26.0 Å². The molecule has 40 heavy (non-hydrogen) atoms. The summed E-state index contributed by atoms with van der Waals surface area (Å²) < 4.78 is 15.0. The summed E-state index contributed by atoms with van der Waals surface area (Å²) in [6.45, 7) is 4.36. The second-order valence-corrected chi connectivity index (χ2v) is 10.9. The van der Waals surface area contributed by atoms with E-state index < -0.39 is 0 Å². The third-order valence-corrected chi connectivity index (χ3v) is 8.27. The number of aromatic nitrogens is 4. The summed E-state index contributed by atoms with van der Waals surface area (Å²) in [5.74, 6) is 0.254. The van der Waals surface area contributed by atoms with Crippen molar-refractivity contribution in [2.75, 3.05) is 49.6 Å². The molecule has 2 fully saturated rings. The Kier molecular flexibility index (Phi) is 7.80. The smallest absolute Gasteiger partial charge is 0.335 e. The molecule has 1 saturated heterocycles. The number of carbonyl (C=O) groups is 1. The lowest BCUT2D eigenvalue weighted by molar-refractivity contribution is 0.0384. The Balaban J connectivity index is 1.20. The van der Waals surface area contributed by atoms with Crippen LogP contribution in [0, 0.1) is 0 Å². The number of hydrogen-bond acceptors (Lipinski definition) is 9. The van der Waals surface area contributed by atoms with Crippen LogP contribution in [0.1, 0.15) is 36.2 Å². The molecule has 1 saturated carbocycles. The minimum atomic E-state index is -0.355. The first-order valence-electron chi connectivity index (χ1n) is 13.7. The first kappa shape index (κ1) is 26.5. The maximum absolute atomic E-state index is 13.3. The number of nitrogens with zero attached hydrogens (tertiary/aromatic N) is 5. The van der Waals surface area contributed by atoms with Crippen molar-refractivity contribution in [3.8, 4) is 10.9 Å². The van der Waals surface area contributed by atoms with Crippen LogP contribution in [0.4, 0.5) is 11.4 Å². The molecule has 11 nitrogen and oxygen atoms in total. The average Bonchev–Trinajstić information content (AvgIpc) is 3.73. The molecule has 0 bridgehead atoms. The molecule has 1 aliphatic heterocycles. The van der Waals surface area contributed by atoms with Crippen LogP contribution in [0.2, 0.25) is 0 Å². The lowest BCUT2D eigenvalue weighted by Gasteiger charge is -2.30. The Morgan fingerprint density at radius 1 is 1.18 bits per heavy atom. The maximum Gasteiger partial charge on any atom is 0.335 e. The van der Waals surface area contributed by atoms with Gasteiger partial charge in [0.15, 0.2) is 5.13 Å². The fraction of sp³-hybridized carbons (Fsp3) is 0.429. The van der Waals surface area contributed by atoms with Gasteiger partial charge in [-0.1, -0.05) is 18.9 Å². The van der Waals surface area contributed by atoms with Gasteiger partial charge in [0, 0.05) is 44.8 Å². The summed E-state index contributed by atoms with van der Waals surface area (Å²) >= 11 is 1.24. The second kappa shape index (κ2) is 11.8. The summed E-state index contributed by atoms with van der Waals surface area (Å²) in [5.41, 5.74) is 2.86. The molecule has 0 radical (unpaired) electrons. The summed E-state index contributed by atoms with van der Waals surface area (Å²) in [4.78, 5) is 37.5. The van der Waals surface area contributed by atoms with Gasteiger partial charge < -0.3 is 25.0 Å². The van der Waals surface area contributed by atoms with Crippen LogP contribution in [0.3, 0.4) is 0 Å². The van der Waals surface area contributed by atoms with E-state index in [1.807, 2.05) is 24.3 Å². The summed E-state index contributed by atoms with van der Waals surface area (Å²) in [6, 6.07) is 7.47. The minimum Gasteiger partial charge on any atom is -0.489 e. The van der Waals surface area contributed by atoms with Gasteiger partial charge in [-0.15, -0.1) is 11.3 Å². The molecular weight excluding hydrogens is 530 g/mol. The number of fused-ring (bicyclic) bond motifs is 1. The largest absolute Gasteiger partial charge is 0.489 e. The molecular formula is C28H33N7O4S. The van der Waals surface area contributed by atoms with Crippen LogP contribution >= 0.6 is 11.3 Å². The van der Waals surface area contributed by atoms with Crippen LogP contribution in [0.15, 0.2) is 46.8 Å². The van der Waals surface area contributed by atoms with Crippen molar-refractivity contribution < 1.29 is 14.3 Å². The first-order chi connectivity index (χ1) is 19.6. The molecule has 210 valence electrons. The van der Waals surface area contributed by atoms with E-state index in [1.165, 1.54) is 28.7 Å². The molecule has 3 aromatic heterocycles. The highest BCUT2D eigenvalue weighted by Crippen LogP contribution is 2.29. The van der Waals surface area contributed by atoms with Crippen molar-refractivity contribution in [2.24, 2.45) is 7.05 Å². The number of amides is 1. The molecule has 0 unspecified atom stereocenters. The number of piperazine rings is 1. The SMILES string of the molecule is Cn1c(=O)n(-c2nc(C(=O)Nc3cnccc3N3CCNCC3)cs2)c2cccc(OCCOC3CCCC3)c21. The van der Waals surface area contributed by atoms with E-state index in [9.17, 15) is 9.59 Å². The van der Waals surface area contributed by atoms with E-state index in [1.54, 1.807) is 29.4 Å². The van der Waals surface area contributed by atoms with Gasteiger partial charge in [0.25, 0.3) is 5.91 Å². The van der Waals surface area contributed by atoms with Crippen LogP contribution in [-0.2, 0) is 11.8 Å². The Labute approximate surface area is 235 Å². The Hall–Kier alpha value is -3.74. The number of pyridine rings is 1. The monoisotopic (exact) mass is 563 g/mol. The van der Waals surface area contributed by atoms with Crippen LogP contribution in [-0.4, -0.2) is 70.5 Å². The van der Waals surface area contributed by atoms with Gasteiger partial charge in [0.1, 0.15) is 23.6 Å². The number of aryl methyl sites for hydroxylation is 1. The van der Waals surface area contributed by atoms with Crippen molar-refractivity contribution in [3.05, 3.63) is 58.2 Å². The number of imidazole rings is 1. The Morgan fingerprint density at radius 3 is 2.83 bits per heavy atom. The molecule has 4 aromatic rings. The summed E-state index contributed by atoms with van der Waals surface area (Å²) in [5, 5.41) is 8.38. The van der Waals surface area contributed by atoms with Crippen molar-refractivity contribution in [3.63, 3.8) is 0 Å². The van der Waals surface area contributed by atoms with E-state index in [0.29, 0.717) is 46.9 Å². The number of ether oxygens (including phenoxy) is 2. The topological polar surface area (TPSA) is 116 Å². The molecule has 0 spiro atoms. The van der Waals surface area contributed by atoms with E-state index >= 15 is 0 Å². The van der Waals surface area contributed by atoms with Gasteiger partial charge in [-0.3, -0.25) is 14.3 Å². The zero-order valence-electron chi connectivity index (χ0n) is 22.5. The van der Waals surface area contributed by atoms with E-state index in [4.69, 9.17) is 9.47 Å². The number of para-hydroxylation sites is 1. The number of carbonyl (C=O) groups excluding carboxylic acids is 1. The number of benzene rings is 1. The van der Waals surface area contributed by atoms with Crippen molar-refractivity contribution in [1.82, 2.24) is 24.4 Å². The van der Waals surface area contributed by atoms with Gasteiger partial charge in [0.05, 0.1) is 35.8 Å². The third kappa shape index (κ3) is 5.34. The van der Waals surface area contributed by atoms with Gasteiger partial charge in [-0.25, -0.2) is 14.3 Å². The van der Waals surface area contributed by atoms with Crippen LogP contribution in [0.5, 0.6) is 5.75 Å². The fourth-order valence-corrected chi connectivity index (χ4v) is 6.23. The molecule has 1 aromatic carbocycles. The maximum atomic E-state index is 13.3. The first-order valence-corrected chi connectivity index (χ1v) is 14.6. The normalized spacial score (nSPS) is 16.1. The van der Waals surface area contributed by atoms with Gasteiger partial charge in [-0.2, -0.15) is 0 Å². The third-order valence-electron chi connectivity index (χ3n) is 7.45. The molecule has 1 amide bonds. The molecule has 2 aliphatic rings. The second-order valence-electron chi connectivity index (χ2n) is 10.0. The van der Waals surface area contributed by atoms with Crippen molar-refractivity contribution in [2.45, 2.75) is 31.8 Å². The fourth-order valence-electron chi connectivity index (χ4n) is 5.42. The zero-order chi connectivity index (χ0) is 27.5. The zero-order valence-corrected chi connectivity index (χ0v) is 23.3. The highest BCUT2D eigenvalue weighted by molar-refractivity contribution is 7.12. The number of nitrogens with one attached hydrogen (secondary N) is 2. The van der Waals surface area contributed by atoms with Crippen molar-refractivity contribution >= 4 is 39.7 Å². The lowest BCUT2D eigenvalue weighted by Crippen LogP contribution is -2.43. The molecule has 0 atom stereocenters.